The number of rotatable bonds is 11. The molecule has 0 fully saturated rings. The van der Waals surface area contributed by atoms with Crippen LogP contribution in [0, 0.1) is 18.3 Å². The van der Waals surface area contributed by atoms with Gasteiger partial charge in [-0.1, -0.05) is 80.7 Å². The van der Waals surface area contributed by atoms with Crippen molar-refractivity contribution in [1.82, 2.24) is 13.5 Å². The molecule has 2 aromatic heterocycles. The van der Waals surface area contributed by atoms with Crippen molar-refractivity contribution in [2.24, 2.45) is 0 Å². The molecule has 0 radical (unpaired) electrons. The van der Waals surface area contributed by atoms with Crippen LogP contribution in [-0.2, 0) is 21.5 Å². The largest absolute Gasteiger partial charge is 0.361 e. The average Bonchev–Trinajstić information content (AvgIpc) is 3.69. The predicted octanol–water partition coefficient (Wildman–Crippen LogP) is 8.47. The van der Waals surface area contributed by atoms with Crippen molar-refractivity contribution in [3.63, 3.8) is 0 Å². The molecule has 2 heterocycles. The van der Waals surface area contributed by atoms with Crippen LogP contribution < -0.4 is 0 Å². The summed E-state index contributed by atoms with van der Waals surface area (Å²) in [6.45, 7) is 13.1. The summed E-state index contributed by atoms with van der Waals surface area (Å²) < 4.78 is 37.4. The summed E-state index contributed by atoms with van der Waals surface area (Å²) in [5.74, 6) is -0.179. The van der Waals surface area contributed by atoms with Crippen molar-refractivity contribution in [2.75, 3.05) is 6.61 Å². The van der Waals surface area contributed by atoms with Crippen LogP contribution in [0.1, 0.15) is 59.6 Å². The Morgan fingerprint density at radius 1 is 1.08 bits per heavy atom. The molecule has 1 aliphatic carbocycles. The molecule has 5 aromatic rings. The summed E-state index contributed by atoms with van der Waals surface area (Å²) >= 11 is 0. The van der Waals surface area contributed by atoms with Crippen LogP contribution in [-0.4, -0.2) is 47.2 Å². The van der Waals surface area contributed by atoms with Crippen molar-refractivity contribution in [3.8, 4) is 6.07 Å². The fourth-order valence-corrected chi connectivity index (χ4v) is 9.06. The van der Waals surface area contributed by atoms with Gasteiger partial charge in [0.25, 0.3) is 0 Å². The first-order valence-electron chi connectivity index (χ1n) is 16.6. The van der Waals surface area contributed by atoms with E-state index in [2.05, 4.69) is 31.8 Å². The summed E-state index contributed by atoms with van der Waals surface area (Å²) in [5.41, 5.74) is 6.14. The number of hydrogen-bond acceptors (Lipinski definition) is 6. The van der Waals surface area contributed by atoms with Crippen LogP contribution in [0.3, 0.4) is 0 Å². The van der Waals surface area contributed by atoms with Gasteiger partial charge in [-0.3, -0.25) is 9.36 Å². The Labute approximate surface area is 289 Å². The highest BCUT2D eigenvalue weighted by Gasteiger charge is 2.42. The van der Waals surface area contributed by atoms with E-state index in [1.807, 2.05) is 50.3 Å². The number of fused-ring (bicyclic) bond motifs is 2. The Morgan fingerprint density at radius 3 is 2.53 bits per heavy atom. The molecule has 49 heavy (non-hydrogen) atoms. The van der Waals surface area contributed by atoms with Gasteiger partial charge in [0.1, 0.15) is 11.5 Å². The summed E-state index contributed by atoms with van der Waals surface area (Å²) in [5, 5.41) is 10.1. The lowest BCUT2D eigenvalue weighted by Crippen LogP contribution is -2.39. The van der Waals surface area contributed by atoms with Gasteiger partial charge < -0.3 is 4.74 Å². The number of nitrogens with zero attached hydrogens (tertiary/aromatic N) is 4. The molecule has 0 saturated carbocycles. The van der Waals surface area contributed by atoms with Crippen LogP contribution in [0.25, 0.3) is 27.5 Å². The highest BCUT2D eigenvalue weighted by Crippen LogP contribution is 2.41. The van der Waals surface area contributed by atoms with Crippen molar-refractivity contribution in [1.29, 1.82) is 5.26 Å². The van der Waals surface area contributed by atoms with Gasteiger partial charge in [0.15, 0.2) is 5.82 Å². The highest BCUT2D eigenvalue weighted by atomic mass is 32.2. The molecule has 8 nitrogen and oxygen atoms in total. The van der Waals surface area contributed by atoms with Gasteiger partial charge in [0.05, 0.1) is 28.2 Å². The minimum absolute atomic E-state index is 0.100. The van der Waals surface area contributed by atoms with E-state index >= 15 is 0 Å². The Morgan fingerprint density at radius 2 is 1.84 bits per heavy atom. The lowest BCUT2D eigenvalue weighted by atomic mass is 9.86. The zero-order valence-corrected chi connectivity index (χ0v) is 30.8. The molecule has 1 unspecified atom stereocenters. The number of benzene rings is 3. The maximum Gasteiger partial charge on any atom is 0.248 e. The second-order valence-electron chi connectivity index (χ2n) is 14.3. The van der Waals surface area contributed by atoms with Crippen molar-refractivity contribution >= 4 is 51.4 Å². The van der Waals surface area contributed by atoms with Crippen LogP contribution in [0.15, 0.2) is 90.7 Å². The zero-order valence-electron chi connectivity index (χ0n) is 28.9. The molecule has 10 heteroatoms. The maximum absolute atomic E-state index is 14.7. The van der Waals surface area contributed by atoms with E-state index in [0.717, 1.165) is 28.3 Å². The average molecular weight is 691 g/mol. The molecule has 0 bridgehead atoms. The van der Waals surface area contributed by atoms with Gasteiger partial charge in [0, 0.05) is 31.8 Å². The number of ketones is 1. The number of aromatic nitrogens is 3. The quantitative estimate of drug-likeness (QED) is 0.0782. The molecule has 1 aliphatic rings. The number of allylic oxidation sites excluding steroid dienone is 3. The molecule has 0 saturated heterocycles. The van der Waals surface area contributed by atoms with Crippen LogP contribution in [0.2, 0.25) is 25.7 Å². The van der Waals surface area contributed by atoms with E-state index < -0.39 is 22.8 Å². The molecular formula is C39H42N4O4SSi. The number of ether oxygens (including phenoxy) is 1. The van der Waals surface area contributed by atoms with E-state index in [4.69, 9.17) is 9.72 Å². The van der Waals surface area contributed by atoms with Crippen molar-refractivity contribution in [2.45, 2.75) is 70.8 Å². The van der Waals surface area contributed by atoms with Gasteiger partial charge >= 0.3 is 0 Å². The van der Waals surface area contributed by atoms with E-state index in [1.54, 1.807) is 54.1 Å². The third-order valence-corrected chi connectivity index (χ3v) is 13.3. The molecule has 0 N–H and O–H groups in total. The van der Waals surface area contributed by atoms with E-state index in [0.29, 0.717) is 52.5 Å². The predicted molar refractivity (Wildman–Crippen MR) is 199 cm³/mol. The number of carbonyl (C=O) groups excluding carboxylic acids is 1. The highest BCUT2D eigenvalue weighted by molar-refractivity contribution is 7.91. The minimum Gasteiger partial charge on any atom is -0.361 e. The molecule has 0 aliphatic heterocycles. The number of imidazole rings is 1. The first kappa shape index (κ1) is 34.3. The number of nitriles is 1. The van der Waals surface area contributed by atoms with Gasteiger partial charge in [0.2, 0.25) is 15.8 Å². The first-order valence-corrected chi connectivity index (χ1v) is 21.8. The van der Waals surface area contributed by atoms with Gasteiger partial charge in [-0.05, 0) is 79.8 Å². The third kappa shape index (κ3) is 6.46. The second kappa shape index (κ2) is 13.0. The fourth-order valence-electron chi connectivity index (χ4n) is 6.51. The van der Waals surface area contributed by atoms with Gasteiger partial charge in [-0.25, -0.2) is 17.4 Å². The van der Waals surface area contributed by atoms with Crippen LogP contribution in [0.5, 0.6) is 0 Å². The van der Waals surface area contributed by atoms with E-state index in [1.165, 1.54) is 3.97 Å². The smallest absolute Gasteiger partial charge is 0.248 e. The summed E-state index contributed by atoms with van der Waals surface area (Å²) in [7, 11) is -5.35. The Balaban J connectivity index is 1.42. The number of carbonyl (C=O) groups is 1. The Kier molecular flexibility index (Phi) is 9.13. The van der Waals surface area contributed by atoms with Gasteiger partial charge in [-0.2, -0.15) is 5.26 Å². The first-order chi connectivity index (χ1) is 23.3. The summed E-state index contributed by atoms with van der Waals surface area (Å²) in [6.07, 6.45) is 6.56. The molecule has 6 rings (SSSR count). The fraction of sp³-hybridized carbons (Fsp3) is 0.308. The molecule has 3 aromatic carbocycles. The lowest BCUT2D eigenvalue weighted by molar-refractivity contribution is 0.0835. The van der Waals surface area contributed by atoms with Gasteiger partial charge in [-0.15, -0.1) is 0 Å². The summed E-state index contributed by atoms with van der Waals surface area (Å²) in [4.78, 5) is 19.2. The topological polar surface area (TPSA) is 107 Å². The normalized spacial score (nSPS) is 16.8. The summed E-state index contributed by atoms with van der Waals surface area (Å²) in [6, 6.07) is 23.4. The minimum atomic E-state index is -4.00. The van der Waals surface area contributed by atoms with Crippen LogP contribution >= 0.6 is 0 Å². The van der Waals surface area contributed by atoms with E-state index in [-0.39, 0.29) is 18.3 Å². The zero-order chi connectivity index (χ0) is 35.1. The second-order valence-corrected chi connectivity index (χ2v) is 22.2. The molecular weight excluding hydrogens is 649 g/mol. The SMILES string of the molecule is CCC1=CC(C)(S(=O)(=O)n2ccc3c(C(=O)c4nc5ccc(C#N)cc5n4COCC[Si](C)(C)C)ccc(C)c32)CC(c2ccccc2)=C1. The van der Waals surface area contributed by atoms with Crippen molar-refractivity contribution < 1.29 is 17.9 Å². The molecule has 0 spiro atoms. The van der Waals surface area contributed by atoms with Crippen molar-refractivity contribution in [3.05, 3.63) is 119 Å². The number of aryl methyl sites for hydroxylation is 1. The van der Waals surface area contributed by atoms with E-state index in [9.17, 15) is 18.5 Å². The molecule has 1 atom stereocenters. The maximum atomic E-state index is 14.7. The third-order valence-electron chi connectivity index (χ3n) is 9.35. The monoisotopic (exact) mass is 690 g/mol. The molecule has 0 amide bonds. The molecule has 252 valence electrons. The Bertz CT molecular complexity index is 2300. The standard InChI is InChI=1S/C39H42N4O4SSi/c1-7-28-21-31(30-11-9-8-10-12-30)24-39(3,23-28)48(45,46)43-18-17-32-33(15-13-27(2)36(32)43)37(44)38-41-34-16-14-29(25-40)22-35(34)42(38)26-47-19-20-49(4,5)6/h8-18,21-23H,7,19-20,24,26H2,1-6H3. The Hall–Kier alpha value is -4.56. The lowest BCUT2D eigenvalue weighted by Gasteiger charge is -2.32. The van der Waals surface area contributed by atoms with Crippen LogP contribution in [0.4, 0.5) is 0 Å². The number of hydrogen-bond donors (Lipinski definition) is 0.